The summed E-state index contributed by atoms with van der Waals surface area (Å²) in [6.07, 6.45) is 1.27. The third-order valence-corrected chi connectivity index (χ3v) is 6.41. The molecule has 6 heteroatoms. The average molecular weight is 479 g/mol. The highest BCUT2D eigenvalue weighted by atomic mass is 32.2. The first kappa shape index (κ1) is 25.5. The van der Waals surface area contributed by atoms with E-state index in [9.17, 15) is 14.0 Å². The number of nitrogens with zero attached hydrogens (tertiary/aromatic N) is 1. The quantitative estimate of drug-likeness (QED) is 0.388. The fraction of sp³-hybridized carbons (Fsp3) is 0.286. The number of thioether (sulfide) groups is 1. The van der Waals surface area contributed by atoms with Gasteiger partial charge in [0.1, 0.15) is 11.9 Å². The Labute approximate surface area is 205 Å². The maximum absolute atomic E-state index is 13.5. The van der Waals surface area contributed by atoms with Crippen molar-refractivity contribution >= 4 is 23.6 Å². The molecular weight excluding hydrogens is 447 g/mol. The first-order valence-electron chi connectivity index (χ1n) is 11.5. The van der Waals surface area contributed by atoms with Crippen LogP contribution in [0.15, 0.2) is 84.9 Å². The number of carbonyl (C=O) groups is 2. The molecule has 3 aromatic rings. The van der Waals surface area contributed by atoms with E-state index in [1.54, 1.807) is 17.0 Å². The molecule has 0 bridgehead atoms. The van der Waals surface area contributed by atoms with Gasteiger partial charge in [-0.1, -0.05) is 79.7 Å². The molecule has 4 nitrogen and oxygen atoms in total. The molecule has 0 saturated heterocycles. The number of rotatable bonds is 12. The van der Waals surface area contributed by atoms with E-state index in [2.05, 4.69) is 5.32 Å². The zero-order valence-corrected chi connectivity index (χ0v) is 20.3. The maximum Gasteiger partial charge on any atom is 0.243 e. The van der Waals surface area contributed by atoms with Crippen LogP contribution in [0, 0.1) is 5.82 Å². The van der Waals surface area contributed by atoms with Crippen LogP contribution in [0.2, 0.25) is 0 Å². The van der Waals surface area contributed by atoms with Gasteiger partial charge < -0.3 is 10.2 Å². The molecule has 3 aromatic carbocycles. The van der Waals surface area contributed by atoms with Gasteiger partial charge in [-0.15, -0.1) is 11.8 Å². The van der Waals surface area contributed by atoms with Crippen LogP contribution >= 0.6 is 11.8 Å². The van der Waals surface area contributed by atoms with Gasteiger partial charge >= 0.3 is 0 Å². The highest BCUT2D eigenvalue weighted by Crippen LogP contribution is 2.18. The molecule has 0 aliphatic heterocycles. The van der Waals surface area contributed by atoms with Crippen LogP contribution in [0.4, 0.5) is 4.39 Å². The molecule has 0 aliphatic carbocycles. The lowest BCUT2D eigenvalue weighted by molar-refractivity contribution is -0.139. The molecule has 2 amide bonds. The van der Waals surface area contributed by atoms with Crippen molar-refractivity contribution in [1.29, 1.82) is 0 Å². The van der Waals surface area contributed by atoms with Crippen molar-refractivity contribution in [2.45, 2.75) is 38.1 Å². The lowest BCUT2D eigenvalue weighted by Gasteiger charge is -2.31. The number of hydrogen-bond donors (Lipinski definition) is 1. The van der Waals surface area contributed by atoms with Crippen molar-refractivity contribution in [3.05, 3.63) is 107 Å². The Morgan fingerprint density at radius 3 is 2.12 bits per heavy atom. The molecule has 0 fully saturated rings. The Morgan fingerprint density at radius 2 is 1.50 bits per heavy atom. The van der Waals surface area contributed by atoms with E-state index in [1.807, 2.05) is 67.6 Å². The molecule has 34 heavy (non-hydrogen) atoms. The summed E-state index contributed by atoms with van der Waals surface area (Å²) in [6, 6.07) is 25.2. The second kappa shape index (κ2) is 13.6. The van der Waals surface area contributed by atoms with Crippen LogP contribution in [0.3, 0.4) is 0 Å². The summed E-state index contributed by atoms with van der Waals surface area (Å²) < 4.78 is 13.2. The molecule has 0 heterocycles. The first-order valence-corrected chi connectivity index (χ1v) is 12.7. The van der Waals surface area contributed by atoms with E-state index >= 15 is 0 Å². The highest BCUT2D eigenvalue weighted by molar-refractivity contribution is 7.99. The molecule has 1 atom stereocenters. The van der Waals surface area contributed by atoms with Gasteiger partial charge in [-0.25, -0.2) is 4.39 Å². The summed E-state index contributed by atoms with van der Waals surface area (Å²) in [6.45, 7) is 2.93. The summed E-state index contributed by atoms with van der Waals surface area (Å²) in [7, 11) is 0. The molecule has 0 spiro atoms. The number of hydrogen-bond acceptors (Lipinski definition) is 3. The molecule has 0 saturated carbocycles. The van der Waals surface area contributed by atoms with Gasteiger partial charge in [0, 0.05) is 25.3 Å². The minimum Gasteiger partial charge on any atom is -0.354 e. The molecule has 178 valence electrons. The third-order valence-electron chi connectivity index (χ3n) is 5.42. The van der Waals surface area contributed by atoms with E-state index in [-0.39, 0.29) is 23.4 Å². The number of nitrogens with one attached hydrogen (secondary N) is 1. The topological polar surface area (TPSA) is 49.4 Å². The molecule has 0 radical (unpaired) electrons. The molecule has 0 aromatic heterocycles. The zero-order valence-electron chi connectivity index (χ0n) is 19.5. The van der Waals surface area contributed by atoms with Crippen LogP contribution in [0.1, 0.15) is 30.0 Å². The number of halogens is 1. The van der Waals surface area contributed by atoms with E-state index < -0.39 is 6.04 Å². The van der Waals surface area contributed by atoms with Gasteiger partial charge in [-0.05, 0) is 35.2 Å². The normalized spacial score (nSPS) is 11.6. The molecular formula is C28H31FN2O2S. The first-order chi connectivity index (χ1) is 16.6. The van der Waals surface area contributed by atoms with Gasteiger partial charge in [-0.3, -0.25) is 9.59 Å². The lowest BCUT2D eigenvalue weighted by Crippen LogP contribution is -2.51. The van der Waals surface area contributed by atoms with Crippen molar-refractivity contribution < 1.29 is 14.0 Å². The largest absolute Gasteiger partial charge is 0.354 e. The Kier molecular flexibility index (Phi) is 10.2. The maximum atomic E-state index is 13.5. The van der Waals surface area contributed by atoms with Crippen molar-refractivity contribution in [2.75, 3.05) is 12.3 Å². The fourth-order valence-corrected chi connectivity index (χ4v) is 4.49. The van der Waals surface area contributed by atoms with Crippen molar-refractivity contribution in [3.63, 3.8) is 0 Å². The van der Waals surface area contributed by atoms with Crippen molar-refractivity contribution in [2.24, 2.45) is 0 Å². The van der Waals surface area contributed by atoms with Gasteiger partial charge in [0.25, 0.3) is 0 Å². The van der Waals surface area contributed by atoms with E-state index in [0.717, 1.165) is 23.1 Å². The van der Waals surface area contributed by atoms with Crippen LogP contribution in [0.25, 0.3) is 0 Å². The predicted octanol–water partition coefficient (Wildman–Crippen LogP) is 5.23. The second-order valence-electron chi connectivity index (χ2n) is 8.12. The van der Waals surface area contributed by atoms with Crippen molar-refractivity contribution in [3.8, 4) is 0 Å². The summed E-state index contributed by atoms with van der Waals surface area (Å²) in [4.78, 5) is 28.4. The molecule has 0 unspecified atom stereocenters. The van der Waals surface area contributed by atoms with Crippen LogP contribution in [0.5, 0.6) is 0 Å². The minimum atomic E-state index is -0.618. The summed E-state index contributed by atoms with van der Waals surface area (Å²) >= 11 is 1.47. The fourth-order valence-electron chi connectivity index (χ4n) is 3.62. The van der Waals surface area contributed by atoms with Gasteiger partial charge in [0.2, 0.25) is 11.8 Å². The van der Waals surface area contributed by atoms with Crippen LogP contribution < -0.4 is 5.32 Å². The smallest absolute Gasteiger partial charge is 0.243 e. The average Bonchev–Trinajstić information content (AvgIpc) is 2.87. The summed E-state index contributed by atoms with van der Waals surface area (Å²) in [5.41, 5.74) is 2.93. The molecule has 3 rings (SSSR count). The zero-order chi connectivity index (χ0) is 24.2. The molecule has 0 aliphatic rings. The third kappa shape index (κ3) is 8.03. The molecule has 1 N–H and O–H groups in total. The Morgan fingerprint density at radius 1 is 0.882 bits per heavy atom. The second-order valence-corrected chi connectivity index (χ2v) is 9.11. The Hall–Kier alpha value is -3.12. The predicted molar refractivity (Wildman–Crippen MR) is 137 cm³/mol. The number of carbonyl (C=O) groups excluding carboxylic acids is 2. The SMILES string of the molecule is CCCNC(=O)[C@@H](Cc1ccccc1)N(Cc1ccccc1)C(=O)CSCc1ccc(F)cc1. The monoisotopic (exact) mass is 478 g/mol. The minimum absolute atomic E-state index is 0.0939. The standard InChI is InChI=1S/C28H31FN2O2S/c1-2-17-30-28(33)26(18-22-9-5-3-6-10-22)31(19-23-11-7-4-8-12-23)27(32)21-34-20-24-13-15-25(29)16-14-24/h3-16,26H,2,17-21H2,1H3,(H,30,33)/t26-/m1/s1. The van der Waals surface area contributed by atoms with Crippen molar-refractivity contribution in [1.82, 2.24) is 10.2 Å². The summed E-state index contributed by atoms with van der Waals surface area (Å²) in [5.74, 6) is 0.315. The van der Waals surface area contributed by atoms with Crippen LogP contribution in [-0.4, -0.2) is 35.1 Å². The highest BCUT2D eigenvalue weighted by Gasteiger charge is 2.30. The van der Waals surface area contributed by atoms with Crippen LogP contribution in [-0.2, 0) is 28.3 Å². The Balaban J connectivity index is 1.79. The van der Waals surface area contributed by atoms with E-state index in [4.69, 9.17) is 0 Å². The summed E-state index contributed by atoms with van der Waals surface area (Å²) in [5, 5.41) is 2.99. The lowest BCUT2D eigenvalue weighted by atomic mass is 10.0. The number of amides is 2. The van der Waals surface area contributed by atoms with E-state index in [1.165, 1.54) is 23.9 Å². The van der Waals surface area contributed by atoms with Gasteiger partial charge in [0.15, 0.2) is 0 Å². The Bertz CT molecular complexity index is 1030. The van der Waals surface area contributed by atoms with Gasteiger partial charge in [-0.2, -0.15) is 0 Å². The van der Waals surface area contributed by atoms with E-state index in [0.29, 0.717) is 25.3 Å². The van der Waals surface area contributed by atoms with Gasteiger partial charge in [0.05, 0.1) is 5.75 Å². The number of benzene rings is 3.